The second kappa shape index (κ2) is 6.93. The molecule has 2 aromatic heterocycles. The van der Waals surface area contributed by atoms with Gasteiger partial charge in [0.25, 0.3) is 11.8 Å². The minimum absolute atomic E-state index is 0.0530. The van der Waals surface area contributed by atoms with E-state index in [9.17, 15) is 13.2 Å². The van der Waals surface area contributed by atoms with Gasteiger partial charge in [0, 0.05) is 10.9 Å². The van der Waals surface area contributed by atoms with Gasteiger partial charge in [-0.2, -0.15) is 0 Å². The van der Waals surface area contributed by atoms with Crippen molar-refractivity contribution in [2.24, 2.45) is 0 Å². The van der Waals surface area contributed by atoms with Gasteiger partial charge < -0.3 is 8.83 Å². The molecule has 0 saturated carbocycles. The topological polar surface area (TPSA) is 115 Å². The Bertz CT molecular complexity index is 1240. The van der Waals surface area contributed by atoms with Gasteiger partial charge in [0.15, 0.2) is 15.6 Å². The molecule has 0 radical (unpaired) electrons. The van der Waals surface area contributed by atoms with Crippen LogP contribution >= 0.6 is 0 Å². The van der Waals surface area contributed by atoms with E-state index in [0.29, 0.717) is 11.3 Å². The molecule has 1 amide bonds. The highest BCUT2D eigenvalue weighted by atomic mass is 32.2. The number of amides is 1. The van der Waals surface area contributed by atoms with Crippen LogP contribution in [0.2, 0.25) is 0 Å². The first kappa shape index (κ1) is 17.9. The van der Waals surface area contributed by atoms with Crippen LogP contribution in [0.5, 0.6) is 0 Å². The Hall–Kier alpha value is -3.46. The lowest BCUT2D eigenvalue weighted by Crippen LogP contribution is -2.13. The molecule has 0 fully saturated rings. The van der Waals surface area contributed by atoms with Gasteiger partial charge in [-0.25, -0.2) is 8.42 Å². The fraction of sp³-hybridized carbons (Fsp3) is 0.105. The molecule has 2 heterocycles. The summed E-state index contributed by atoms with van der Waals surface area (Å²) >= 11 is 0. The first-order chi connectivity index (χ1) is 13.5. The summed E-state index contributed by atoms with van der Waals surface area (Å²) in [5.41, 5.74) is 0.841. The molecule has 4 aromatic rings. The highest BCUT2D eigenvalue weighted by molar-refractivity contribution is 7.91. The Morgan fingerprint density at radius 2 is 1.86 bits per heavy atom. The van der Waals surface area contributed by atoms with Crippen LogP contribution in [0.3, 0.4) is 0 Å². The van der Waals surface area contributed by atoms with Crippen molar-refractivity contribution in [1.29, 1.82) is 0 Å². The number of anilines is 1. The van der Waals surface area contributed by atoms with Crippen LogP contribution in [0.15, 0.2) is 68.3 Å². The number of hydrogen-bond acceptors (Lipinski definition) is 7. The fourth-order valence-electron chi connectivity index (χ4n) is 2.63. The van der Waals surface area contributed by atoms with Gasteiger partial charge in [0.05, 0.1) is 10.6 Å². The van der Waals surface area contributed by atoms with Gasteiger partial charge in [0.1, 0.15) is 5.58 Å². The number of rotatable bonds is 5. The molecule has 8 nitrogen and oxygen atoms in total. The molecule has 0 aliphatic rings. The minimum Gasteiger partial charge on any atom is -0.451 e. The number of nitrogens with one attached hydrogen (secondary N) is 1. The maximum atomic E-state index is 12.4. The molecule has 1 N–H and O–H groups in total. The zero-order valence-corrected chi connectivity index (χ0v) is 15.6. The number of para-hydroxylation sites is 1. The molecule has 0 bridgehead atoms. The highest BCUT2D eigenvalue weighted by Crippen LogP contribution is 2.27. The summed E-state index contributed by atoms with van der Waals surface area (Å²) in [6, 6.07) is 14.8. The Labute approximate surface area is 160 Å². The second-order valence-corrected chi connectivity index (χ2v) is 8.22. The Balaban J connectivity index is 1.55. The number of aromatic nitrogens is 2. The first-order valence-corrected chi connectivity index (χ1v) is 10.1. The first-order valence-electron chi connectivity index (χ1n) is 8.43. The van der Waals surface area contributed by atoms with Crippen molar-refractivity contribution < 1.29 is 22.0 Å². The lowest BCUT2D eigenvalue weighted by Gasteiger charge is -2.04. The third-order valence-corrected chi connectivity index (χ3v) is 5.85. The van der Waals surface area contributed by atoms with E-state index in [2.05, 4.69) is 15.5 Å². The van der Waals surface area contributed by atoms with Crippen LogP contribution in [0.1, 0.15) is 17.3 Å². The van der Waals surface area contributed by atoms with Crippen molar-refractivity contribution in [2.75, 3.05) is 11.1 Å². The smallest absolute Gasteiger partial charge is 0.322 e. The summed E-state index contributed by atoms with van der Waals surface area (Å²) in [7, 11) is -3.42. The van der Waals surface area contributed by atoms with Crippen molar-refractivity contribution in [3.8, 4) is 11.7 Å². The molecule has 0 aliphatic carbocycles. The number of carbonyl (C=O) groups excluding carboxylic acids is 1. The van der Waals surface area contributed by atoms with Crippen LogP contribution < -0.4 is 5.32 Å². The predicted molar refractivity (Wildman–Crippen MR) is 102 cm³/mol. The van der Waals surface area contributed by atoms with Crippen molar-refractivity contribution in [2.45, 2.75) is 11.8 Å². The number of nitrogens with zero attached hydrogens (tertiary/aromatic N) is 2. The molecular formula is C19H15N3O5S. The summed E-state index contributed by atoms with van der Waals surface area (Å²) in [6.45, 7) is 1.54. The van der Waals surface area contributed by atoms with E-state index in [1.807, 2.05) is 24.3 Å². The number of fused-ring (bicyclic) bond motifs is 1. The van der Waals surface area contributed by atoms with E-state index < -0.39 is 15.7 Å². The van der Waals surface area contributed by atoms with Crippen LogP contribution in [-0.4, -0.2) is 30.3 Å². The summed E-state index contributed by atoms with van der Waals surface area (Å²) in [4.78, 5) is 12.5. The number of carbonyl (C=O) groups is 1. The minimum atomic E-state index is -3.42. The fourth-order valence-corrected chi connectivity index (χ4v) is 3.55. The van der Waals surface area contributed by atoms with E-state index in [-0.39, 0.29) is 28.1 Å². The van der Waals surface area contributed by atoms with Gasteiger partial charge >= 0.3 is 6.01 Å². The number of sulfone groups is 1. The van der Waals surface area contributed by atoms with Crippen LogP contribution in [0, 0.1) is 0 Å². The van der Waals surface area contributed by atoms with Gasteiger partial charge in [-0.05, 0) is 30.3 Å². The SMILES string of the molecule is CCS(=O)(=O)c1cccc(C(=O)Nc2nnc(-c3cc4ccccc4o3)o2)c1. The van der Waals surface area contributed by atoms with Crippen LogP contribution in [0.4, 0.5) is 6.01 Å². The molecule has 4 rings (SSSR count). The van der Waals surface area contributed by atoms with Crippen molar-refractivity contribution in [1.82, 2.24) is 10.2 Å². The summed E-state index contributed by atoms with van der Waals surface area (Å²) in [6.07, 6.45) is 0. The zero-order valence-electron chi connectivity index (χ0n) is 14.7. The summed E-state index contributed by atoms with van der Waals surface area (Å²) in [5.74, 6) is -0.116. The number of furan rings is 1. The highest BCUT2D eigenvalue weighted by Gasteiger charge is 2.18. The van der Waals surface area contributed by atoms with Gasteiger partial charge in [-0.3, -0.25) is 10.1 Å². The van der Waals surface area contributed by atoms with E-state index in [1.54, 1.807) is 13.0 Å². The molecule has 0 spiro atoms. The van der Waals surface area contributed by atoms with E-state index in [0.717, 1.165) is 5.39 Å². The summed E-state index contributed by atoms with van der Waals surface area (Å²) in [5, 5.41) is 11.0. The molecule has 142 valence electrons. The Morgan fingerprint density at radius 1 is 1.04 bits per heavy atom. The molecule has 0 atom stereocenters. The molecule has 0 aliphatic heterocycles. The average Bonchev–Trinajstić information content (AvgIpc) is 3.34. The largest absolute Gasteiger partial charge is 0.451 e. The maximum absolute atomic E-state index is 12.4. The lowest BCUT2D eigenvalue weighted by atomic mass is 10.2. The molecule has 0 unspecified atom stereocenters. The van der Waals surface area contributed by atoms with Crippen molar-refractivity contribution >= 4 is 32.7 Å². The van der Waals surface area contributed by atoms with Crippen LogP contribution in [0.25, 0.3) is 22.6 Å². The van der Waals surface area contributed by atoms with Crippen LogP contribution in [-0.2, 0) is 9.84 Å². The average molecular weight is 397 g/mol. The second-order valence-electron chi connectivity index (χ2n) is 5.95. The Morgan fingerprint density at radius 3 is 2.64 bits per heavy atom. The quantitative estimate of drug-likeness (QED) is 0.548. The number of benzene rings is 2. The van der Waals surface area contributed by atoms with Crippen molar-refractivity contribution in [3.05, 3.63) is 60.2 Å². The summed E-state index contributed by atoms with van der Waals surface area (Å²) < 4.78 is 35.1. The molecule has 0 saturated heterocycles. The maximum Gasteiger partial charge on any atom is 0.322 e. The van der Waals surface area contributed by atoms with Crippen molar-refractivity contribution in [3.63, 3.8) is 0 Å². The molecule has 2 aromatic carbocycles. The molecule has 9 heteroatoms. The lowest BCUT2D eigenvalue weighted by molar-refractivity contribution is 0.102. The third kappa shape index (κ3) is 3.39. The van der Waals surface area contributed by atoms with Gasteiger partial charge in [-0.1, -0.05) is 36.3 Å². The van der Waals surface area contributed by atoms with Gasteiger partial charge in [-0.15, -0.1) is 5.10 Å². The van der Waals surface area contributed by atoms with E-state index >= 15 is 0 Å². The Kier molecular flexibility index (Phi) is 4.44. The number of hydrogen-bond donors (Lipinski definition) is 1. The zero-order chi connectivity index (χ0) is 19.7. The molecular weight excluding hydrogens is 382 g/mol. The van der Waals surface area contributed by atoms with Gasteiger partial charge in [0.2, 0.25) is 0 Å². The van der Waals surface area contributed by atoms with E-state index in [1.165, 1.54) is 24.3 Å². The van der Waals surface area contributed by atoms with E-state index in [4.69, 9.17) is 8.83 Å². The monoisotopic (exact) mass is 397 g/mol. The predicted octanol–water partition coefficient (Wildman–Crippen LogP) is 3.53. The molecule has 28 heavy (non-hydrogen) atoms. The third-order valence-electron chi connectivity index (χ3n) is 4.12. The normalized spacial score (nSPS) is 11.6. The standard InChI is InChI=1S/C19H15N3O5S/c1-2-28(24,25)14-8-5-7-13(10-14)17(23)20-19-22-21-18(27-19)16-11-12-6-3-4-9-15(12)26-16/h3-11H,2H2,1H3,(H,20,22,23).